The summed E-state index contributed by atoms with van der Waals surface area (Å²) in [5.41, 5.74) is 0.561. The maximum Gasteiger partial charge on any atom is 0.337 e. The van der Waals surface area contributed by atoms with E-state index in [1.54, 1.807) is 27.7 Å². The highest BCUT2D eigenvalue weighted by molar-refractivity contribution is 6.06. The molecular formula is C22H25FN2O7. The van der Waals surface area contributed by atoms with Gasteiger partial charge in [0.05, 0.1) is 24.4 Å². The molecule has 0 aromatic heterocycles. The summed E-state index contributed by atoms with van der Waals surface area (Å²) in [6, 6.07) is 5.18. The Labute approximate surface area is 184 Å². The van der Waals surface area contributed by atoms with Crippen molar-refractivity contribution in [2.75, 3.05) is 25.1 Å². The molecule has 0 aliphatic carbocycles. The smallest absolute Gasteiger partial charge is 0.337 e. The first kappa shape index (κ1) is 24.6. The summed E-state index contributed by atoms with van der Waals surface area (Å²) >= 11 is 0. The van der Waals surface area contributed by atoms with Gasteiger partial charge in [-0.15, -0.1) is 0 Å². The lowest BCUT2D eigenvalue weighted by atomic mass is 9.85. The number of esters is 3. The largest absolute Gasteiger partial charge is 0.463 e. The summed E-state index contributed by atoms with van der Waals surface area (Å²) in [5.74, 6) is -5.35. The monoisotopic (exact) mass is 448 g/mol. The number of benzene rings is 1. The van der Waals surface area contributed by atoms with E-state index < -0.39 is 42.2 Å². The first-order valence-corrected chi connectivity index (χ1v) is 9.94. The zero-order valence-electron chi connectivity index (χ0n) is 18.2. The fraction of sp³-hybridized carbons (Fsp3) is 0.364. The molecule has 0 spiro atoms. The molecule has 0 unspecified atom stereocenters. The topological polar surface area (TPSA) is 120 Å². The summed E-state index contributed by atoms with van der Waals surface area (Å²) in [6.45, 7) is 5.67. The third-order valence-electron chi connectivity index (χ3n) is 4.44. The summed E-state index contributed by atoms with van der Waals surface area (Å²) in [4.78, 5) is 50.2. The Morgan fingerprint density at radius 1 is 0.969 bits per heavy atom. The minimum absolute atomic E-state index is 0.0465. The van der Waals surface area contributed by atoms with E-state index in [9.17, 15) is 23.6 Å². The average Bonchev–Trinajstić information content (AvgIpc) is 2.71. The van der Waals surface area contributed by atoms with E-state index in [0.29, 0.717) is 11.4 Å². The summed E-state index contributed by atoms with van der Waals surface area (Å²) in [7, 11) is 0. The highest BCUT2D eigenvalue weighted by Gasteiger charge is 2.42. The van der Waals surface area contributed by atoms with Crippen molar-refractivity contribution in [3.8, 4) is 0 Å². The van der Waals surface area contributed by atoms with Crippen molar-refractivity contribution in [2.24, 2.45) is 5.92 Å². The first-order valence-electron chi connectivity index (χ1n) is 9.94. The van der Waals surface area contributed by atoms with Crippen molar-refractivity contribution in [1.82, 2.24) is 5.32 Å². The first-order chi connectivity index (χ1) is 15.2. The van der Waals surface area contributed by atoms with Gasteiger partial charge in [0.25, 0.3) is 5.91 Å². The van der Waals surface area contributed by atoms with Gasteiger partial charge in [-0.3, -0.25) is 9.59 Å². The average molecular weight is 448 g/mol. The highest BCUT2D eigenvalue weighted by atomic mass is 19.1. The minimum atomic E-state index is -1.45. The SMILES string of the molecule is CCOC(=O)C1=C(C)NC(C)=C(C(=O)OCC)C1C(=O)OCC(=O)Nc1cccc(F)c1. The number of nitrogens with one attached hydrogen (secondary N) is 2. The lowest BCUT2D eigenvalue weighted by Gasteiger charge is -2.28. The van der Waals surface area contributed by atoms with Crippen molar-refractivity contribution in [1.29, 1.82) is 0 Å². The molecule has 9 nitrogen and oxygen atoms in total. The van der Waals surface area contributed by atoms with Crippen LogP contribution in [-0.2, 0) is 33.4 Å². The number of carbonyl (C=O) groups is 4. The maximum atomic E-state index is 13.3. The fourth-order valence-corrected chi connectivity index (χ4v) is 3.17. The van der Waals surface area contributed by atoms with Crippen LogP contribution >= 0.6 is 0 Å². The molecule has 1 heterocycles. The van der Waals surface area contributed by atoms with Crippen LogP contribution in [0, 0.1) is 11.7 Å². The normalized spacial score (nSPS) is 13.9. The molecule has 0 fully saturated rings. The summed E-state index contributed by atoms with van der Waals surface area (Å²) in [6.07, 6.45) is 0. The third kappa shape index (κ3) is 5.93. The number of halogens is 1. The Balaban J connectivity index is 2.26. The quantitative estimate of drug-likeness (QED) is 0.459. The summed E-state index contributed by atoms with van der Waals surface area (Å²) < 4.78 is 28.4. The number of anilines is 1. The van der Waals surface area contributed by atoms with Crippen molar-refractivity contribution >= 4 is 29.5 Å². The number of carbonyl (C=O) groups excluding carboxylic acids is 4. The van der Waals surface area contributed by atoms with Crippen LogP contribution in [0.1, 0.15) is 27.7 Å². The standard InChI is InChI=1S/C22H25FN2O7/c1-5-30-20(27)17-12(3)24-13(4)18(21(28)31-6-2)19(17)22(29)32-11-16(26)25-15-9-7-8-14(23)10-15/h7-10,19,24H,5-6,11H2,1-4H3,(H,25,26). The van der Waals surface area contributed by atoms with Crippen molar-refractivity contribution in [3.05, 3.63) is 52.6 Å². The molecule has 10 heteroatoms. The molecule has 172 valence electrons. The second-order valence-electron chi connectivity index (χ2n) is 6.74. The van der Waals surface area contributed by atoms with Crippen molar-refractivity contribution in [2.45, 2.75) is 27.7 Å². The van der Waals surface area contributed by atoms with Gasteiger partial charge in [-0.1, -0.05) is 6.07 Å². The number of amides is 1. The van der Waals surface area contributed by atoms with Crippen LogP contribution in [-0.4, -0.2) is 43.6 Å². The van der Waals surface area contributed by atoms with E-state index in [1.807, 2.05) is 0 Å². The second kappa shape index (κ2) is 11.1. The minimum Gasteiger partial charge on any atom is -0.463 e. The zero-order valence-corrected chi connectivity index (χ0v) is 18.2. The van der Waals surface area contributed by atoms with Crippen LogP contribution in [0.5, 0.6) is 0 Å². The number of dihydropyridines is 1. The predicted octanol–water partition coefficient (Wildman–Crippen LogP) is 2.20. The van der Waals surface area contributed by atoms with Gasteiger partial charge in [0.15, 0.2) is 6.61 Å². The predicted molar refractivity (Wildman–Crippen MR) is 111 cm³/mol. The number of allylic oxidation sites excluding steroid dienone is 2. The zero-order chi connectivity index (χ0) is 23.8. The number of ether oxygens (including phenoxy) is 3. The third-order valence-corrected chi connectivity index (χ3v) is 4.44. The molecule has 0 bridgehead atoms. The van der Waals surface area contributed by atoms with Crippen LogP contribution < -0.4 is 10.6 Å². The number of hydrogen-bond acceptors (Lipinski definition) is 8. The van der Waals surface area contributed by atoms with E-state index in [0.717, 1.165) is 6.07 Å². The number of hydrogen-bond donors (Lipinski definition) is 2. The lowest BCUT2D eigenvalue weighted by Crippen LogP contribution is -2.39. The molecule has 0 saturated heterocycles. The van der Waals surface area contributed by atoms with E-state index >= 15 is 0 Å². The van der Waals surface area contributed by atoms with Crippen molar-refractivity contribution < 1.29 is 37.8 Å². The van der Waals surface area contributed by atoms with Gasteiger partial charge >= 0.3 is 17.9 Å². The Morgan fingerprint density at radius 2 is 1.53 bits per heavy atom. The molecule has 1 aromatic rings. The fourth-order valence-electron chi connectivity index (χ4n) is 3.17. The van der Waals surface area contributed by atoms with Crippen molar-refractivity contribution in [3.63, 3.8) is 0 Å². The van der Waals surface area contributed by atoms with Gasteiger partial charge in [-0.2, -0.15) is 0 Å². The van der Waals surface area contributed by atoms with Gasteiger partial charge in [-0.25, -0.2) is 14.0 Å². The number of rotatable bonds is 8. The van der Waals surface area contributed by atoms with Gasteiger partial charge in [0.2, 0.25) is 0 Å². The Bertz CT molecular complexity index is 944. The molecule has 1 amide bonds. The molecule has 0 radical (unpaired) electrons. The van der Waals surface area contributed by atoms with E-state index in [4.69, 9.17) is 14.2 Å². The van der Waals surface area contributed by atoms with Gasteiger partial charge < -0.3 is 24.8 Å². The highest BCUT2D eigenvalue weighted by Crippen LogP contribution is 2.32. The Hall–Kier alpha value is -3.69. The molecule has 1 aromatic carbocycles. The Kier molecular flexibility index (Phi) is 8.51. The van der Waals surface area contributed by atoms with Crippen LogP contribution in [0.4, 0.5) is 10.1 Å². The van der Waals surface area contributed by atoms with Gasteiger partial charge in [0, 0.05) is 17.1 Å². The van der Waals surface area contributed by atoms with Crippen LogP contribution in [0.25, 0.3) is 0 Å². The molecule has 0 atom stereocenters. The van der Waals surface area contributed by atoms with Gasteiger partial charge in [-0.05, 0) is 45.9 Å². The molecule has 2 rings (SSSR count). The van der Waals surface area contributed by atoms with E-state index in [1.165, 1.54) is 18.2 Å². The Morgan fingerprint density at radius 3 is 2.03 bits per heavy atom. The van der Waals surface area contributed by atoms with Gasteiger partial charge in [0.1, 0.15) is 11.7 Å². The summed E-state index contributed by atoms with van der Waals surface area (Å²) in [5, 5.41) is 5.27. The molecule has 1 aliphatic heterocycles. The van der Waals surface area contributed by atoms with E-state index in [2.05, 4.69) is 10.6 Å². The maximum absolute atomic E-state index is 13.3. The lowest BCUT2D eigenvalue weighted by molar-refractivity contribution is -0.153. The molecular weight excluding hydrogens is 423 g/mol. The molecule has 0 saturated carbocycles. The van der Waals surface area contributed by atoms with Crippen LogP contribution in [0.2, 0.25) is 0 Å². The van der Waals surface area contributed by atoms with E-state index in [-0.39, 0.29) is 30.0 Å². The molecule has 1 aliphatic rings. The molecule has 2 N–H and O–H groups in total. The second-order valence-corrected chi connectivity index (χ2v) is 6.74. The van der Waals surface area contributed by atoms with Crippen LogP contribution in [0.3, 0.4) is 0 Å². The molecule has 32 heavy (non-hydrogen) atoms. The van der Waals surface area contributed by atoms with Crippen LogP contribution in [0.15, 0.2) is 46.8 Å².